The quantitative estimate of drug-likeness (QED) is 0.760. The van der Waals surface area contributed by atoms with Crippen LogP contribution in [0.3, 0.4) is 0 Å². The lowest BCUT2D eigenvalue weighted by molar-refractivity contribution is 0.187. The van der Waals surface area contributed by atoms with Gasteiger partial charge in [0.1, 0.15) is 5.75 Å². The molecule has 0 unspecified atom stereocenters. The molecular formula is C21H28N2O3. The highest BCUT2D eigenvalue weighted by Gasteiger charge is 2.15. The van der Waals surface area contributed by atoms with Crippen LogP contribution in [0.25, 0.3) is 0 Å². The Bertz CT molecular complexity index is 716. The lowest BCUT2D eigenvalue weighted by Crippen LogP contribution is -2.41. The third kappa shape index (κ3) is 6.08. The second-order valence-corrected chi connectivity index (χ2v) is 6.76. The van der Waals surface area contributed by atoms with E-state index in [2.05, 4.69) is 19.2 Å². The van der Waals surface area contributed by atoms with E-state index in [0.29, 0.717) is 25.6 Å². The summed E-state index contributed by atoms with van der Waals surface area (Å²) in [4.78, 5) is 14.5. The Kier molecular flexibility index (Phi) is 7.48. The maximum absolute atomic E-state index is 12.7. The van der Waals surface area contributed by atoms with Crippen LogP contribution in [0.5, 0.6) is 5.75 Å². The summed E-state index contributed by atoms with van der Waals surface area (Å²) in [5.41, 5.74) is 2.84. The molecule has 0 radical (unpaired) electrons. The average molecular weight is 356 g/mol. The van der Waals surface area contributed by atoms with Crippen molar-refractivity contribution in [3.8, 4) is 5.75 Å². The van der Waals surface area contributed by atoms with Crippen molar-refractivity contribution in [1.82, 2.24) is 10.2 Å². The highest BCUT2D eigenvalue weighted by Crippen LogP contribution is 2.15. The molecule has 0 saturated carbocycles. The summed E-state index contributed by atoms with van der Waals surface area (Å²) in [5, 5.41) is 12.2. The molecule has 0 aromatic heterocycles. The number of carbonyl (C=O) groups is 1. The van der Waals surface area contributed by atoms with Gasteiger partial charge in [0.05, 0.1) is 13.7 Å². The molecule has 2 aromatic rings. The smallest absolute Gasteiger partial charge is 0.317 e. The minimum absolute atomic E-state index is 0.00288. The summed E-state index contributed by atoms with van der Waals surface area (Å²) >= 11 is 0. The maximum Gasteiger partial charge on any atom is 0.317 e. The normalized spacial score (nSPS) is 10.7. The standard InChI is InChI=1S/C21H28N2O3/c1-16(2)13-23(14-18-7-5-9-20(11-18)26-3)21(25)22-12-17-6-4-8-19(10-17)15-24/h4-11,16,24H,12-15H2,1-3H3,(H,22,25). The molecule has 2 N–H and O–H groups in total. The molecule has 0 saturated heterocycles. The molecular weight excluding hydrogens is 328 g/mol. The minimum atomic E-state index is -0.101. The number of urea groups is 1. The Balaban J connectivity index is 2.03. The van der Waals surface area contributed by atoms with Crippen LogP contribution >= 0.6 is 0 Å². The van der Waals surface area contributed by atoms with Gasteiger partial charge < -0.3 is 20.1 Å². The Morgan fingerprint density at radius 2 is 1.81 bits per heavy atom. The van der Waals surface area contributed by atoms with Crippen LogP contribution in [0.4, 0.5) is 4.79 Å². The van der Waals surface area contributed by atoms with Gasteiger partial charge in [-0.15, -0.1) is 0 Å². The fraction of sp³-hybridized carbons (Fsp3) is 0.381. The summed E-state index contributed by atoms with van der Waals surface area (Å²) in [5.74, 6) is 1.15. The van der Waals surface area contributed by atoms with Crippen LogP contribution in [0.15, 0.2) is 48.5 Å². The van der Waals surface area contributed by atoms with Crippen LogP contribution in [0, 0.1) is 5.92 Å². The molecule has 0 bridgehead atoms. The predicted molar refractivity (Wildman–Crippen MR) is 103 cm³/mol. The largest absolute Gasteiger partial charge is 0.497 e. The van der Waals surface area contributed by atoms with Crippen LogP contribution in [-0.2, 0) is 19.7 Å². The number of ether oxygens (including phenoxy) is 1. The number of carbonyl (C=O) groups excluding carboxylic acids is 1. The Morgan fingerprint density at radius 3 is 2.50 bits per heavy atom. The van der Waals surface area contributed by atoms with E-state index in [1.54, 1.807) is 7.11 Å². The van der Waals surface area contributed by atoms with Crippen molar-refractivity contribution in [2.24, 2.45) is 5.92 Å². The van der Waals surface area contributed by atoms with E-state index < -0.39 is 0 Å². The van der Waals surface area contributed by atoms with E-state index in [1.165, 1.54) is 0 Å². The number of aliphatic hydroxyl groups is 1. The van der Waals surface area contributed by atoms with Gasteiger partial charge in [0.2, 0.25) is 0 Å². The first-order chi connectivity index (χ1) is 12.5. The number of methoxy groups -OCH3 is 1. The Labute approximate surface area is 155 Å². The molecule has 26 heavy (non-hydrogen) atoms. The van der Waals surface area contributed by atoms with Gasteiger partial charge in [-0.2, -0.15) is 0 Å². The van der Waals surface area contributed by atoms with Gasteiger partial charge in [0, 0.05) is 19.6 Å². The average Bonchev–Trinajstić information content (AvgIpc) is 2.65. The fourth-order valence-electron chi connectivity index (χ4n) is 2.78. The zero-order chi connectivity index (χ0) is 18.9. The Hall–Kier alpha value is -2.53. The van der Waals surface area contributed by atoms with Crippen molar-refractivity contribution in [2.45, 2.75) is 33.5 Å². The zero-order valence-corrected chi connectivity index (χ0v) is 15.7. The summed E-state index contributed by atoms with van der Waals surface area (Å²) < 4.78 is 5.27. The third-order valence-electron chi connectivity index (χ3n) is 4.00. The molecule has 0 aliphatic rings. The zero-order valence-electron chi connectivity index (χ0n) is 15.7. The molecule has 5 heteroatoms. The predicted octanol–water partition coefficient (Wildman–Crippen LogP) is 3.56. The lowest BCUT2D eigenvalue weighted by Gasteiger charge is -2.25. The number of hydrogen-bond donors (Lipinski definition) is 2. The molecule has 0 aliphatic carbocycles. The highest BCUT2D eigenvalue weighted by molar-refractivity contribution is 5.74. The summed E-state index contributed by atoms with van der Waals surface area (Å²) in [6, 6.07) is 15.2. The van der Waals surface area contributed by atoms with Gasteiger partial charge >= 0.3 is 6.03 Å². The van der Waals surface area contributed by atoms with Crippen LogP contribution in [0.1, 0.15) is 30.5 Å². The van der Waals surface area contributed by atoms with Gasteiger partial charge in [-0.3, -0.25) is 0 Å². The molecule has 140 valence electrons. The number of hydrogen-bond acceptors (Lipinski definition) is 3. The number of aliphatic hydroxyl groups excluding tert-OH is 1. The third-order valence-corrected chi connectivity index (χ3v) is 4.00. The van der Waals surface area contributed by atoms with Crippen LogP contribution < -0.4 is 10.1 Å². The van der Waals surface area contributed by atoms with E-state index in [4.69, 9.17) is 4.74 Å². The molecule has 0 aliphatic heterocycles. The fourth-order valence-corrected chi connectivity index (χ4v) is 2.78. The van der Waals surface area contributed by atoms with Crippen molar-refractivity contribution in [2.75, 3.05) is 13.7 Å². The Morgan fingerprint density at radius 1 is 1.12 bits per heavy atom. The SMILES string of the molecule is COc1cccc(CN(CC(C)C)C(=O)NCc2cccc(CO)c2)c1. The van der Waals surface area contributed by atoms with Crippen molar-refractivity contribution in [3.63, 3.8) is 0 Å². The van der Waals surface area contributed by atoms with E-state index in [1.807, 2.05) is 53.4 Å². The summed E-state index contributed by atoms with van der Waals surface area (Å²) in [6.45, 7) is 5.81. The van der Waals surface area contributed by atoms with Gasteiger partial charge in [-0.1, -0.05) is 50.2 Å². The van der Waals surface area contributed by atoms with Crippen molar-refractivity contribution < 1.29 is 14.6 Å². The number of amides is 2. The molecule has 2 amide bonds. The highest BCUT2D eigenvalue weighted by atomic mass is 16.5. The first-order valence-electron chi connectivity index (χ1n) is 8.86. The van der Waals surface area contributed by atoms with E-state index >= 15 is 0 Å². The van der Waals surface area contributed by atoms with E-state index in [-0.39, 0.29) is 12.6 Å². The van der Waals surface area contributed by atoms with Crippen molar-refractivity contribution >= 4 is 6.03 Å². The number of nitrogens with one attached hydrogen (secondary N) is 1. The number of benzene rings is 2. The molecule has 0 heterocycles. The molecule has 0 atom stereocenters. The second-order valence-electron chi connectivity index (χ2n) is 6.76. The number of nitrogens with zero attached hydrogens (tertiary/aromatic N) is 1. The van der Waals surface area contributed by atoms with Crippen molar-refractivity contribution in [3.05, 3.63) is 65.2 Å². The minimum Gasteiger partial charge on any atom is -0.497 e. The molecule has 0 spiro atoms. The van der Waals surface area contributed by atoms with E-state index in [0.717, 1.165) is 22.4 Å². The van der Waals surface area contributed by atoms with Gasteiger partial charge in [0.15, 0.2) is 0 Å². The monoisotopic (exact) mass is 356 g/mol. The molecule has 2 aromatic carbocycles. The van der Waals surface area contributed by atoms with Crippen molar-refractivity contribution in [1.29, 1.82) is 0 Å². The maximum atomic E-state index is 12.7. The van der Waals surface area contributed by atoms with Gasteiger partial charge in [-0.05, 0) is 34.7 Å². The van der Waals surface area contributed by atoms with Gasteiger partial charge in [0.25, 0.3) is 0 Å². The summed E-state index contributed by atoms with van der Waals surface area (Å²) in [7, 11) is 1.64. The molecule has 2 rings (SSSR count). The number of rotatable bonds is 8. The van der Waals surface area contributed by atoms with E-state index in [9.17, 15) is 9.90 Å². The summed E-state index contributed by atoms with van der Waals surface area (Å²) in [6.07, 6.45) is 0. The topological polar surface area (TPSA) is 61.8 Å². The molecule has 0 fully saturated rings. The molecule has 5 nitrogen and oxygen atoms in total. The second kappa shape index (κ2) is 9.82. The van der Waals surface area contributed by atoms with Gasteiger partial charge in [-0.25, -0.2) is 4.79 Å². The lowest BCUT2D eigenvalue weighted by atomic mass is 10.1. The van der Waals surface area contributed by atoms with Crippen LogP contribution in [0.2, 0.25) is 0 Å². The first kappa shape index (κ1) is 19.8. The first-order valence-corrected chi connectivity index (χ1v) is 8.86. The van der Waals surface area contributed by atoms with Crippen LogP contribution in [-0.4, -0.2) is 29.7 Å².